The summed E-state index contributed by atoms with van der Waals surface area (Å²) in [6, 6.07) is 15.3. The molecule has 1 fully saturated rings. The van der Waals surface area contributed by atoms with Gasteiger partial charge in [-0.1, -0.05) is 65.5 Å². The third-order valence-corrected chi connectivity index (χ3v) is 7.20. The van der Waals surface area contributed by atoms with Crippen LogP contribution in [0, 0.1) is 0 Å². The lowest BCUT2D eigenvalue weighted by Gasteiger charge is -2.33. The molecule has 1 unspecified atom stereocenters. The van der Waals surface area contributed by atoms with Crippen molar-refractivity contribution in [1.29, 1.82) is 0 Å². The van der Waals surface area contributed by atoms with Crippen LogP contribution in [0.5, 0.6) is 0 Å². The molecule has 0 bridgehead atoms. The fraction of sp³-hybridized carbons (Fsp3) is 0.407. The normalized spacial score (nSPS) is 15.2. The van der Waals surface area contributed by atoms with Gasteiger partial charge in [0.1, 0.15) is 6.04 Å². The average molecular weight is 525 g/mol. The van der Waals surface area contributed by atoms with Gasteiger partial charge in [0.05, 0.1) is 0 Å². The first-order valence-corrected chi connectivity index (χ1v) is 13.0. The number of benzene rings is 2. The molecule has 7 heteroatoms. The molecule has 1 atom stereocenters. The topological polar surface area (TPSA) is 91.2 Å². The van der Waals surface area contributed by atoms with Gasteiger partial charge in [-0.15, -0.1) is 0 Å². The maximum atomic E-state index is 13.7. The van der Waals surface area contributed by atoms with Gasteiger partial charge in [-0.05, 0) is 48.6 Å². The molecule has 4 rings (SSSR count). The molecule has 0 saturated heterocycles. The number of para-hydroxylation sites is 1. The zero-order valence-electron chi connectivity index (χ0n) is 19.4. The lowest BCUT2D eigenvalue weighted by molar-refractivity contribution is -0.141. The molecular formula is C27H33BrN4O2. The second kappa shape index (κ2) is 11.7. The molecule has 6 nitrogen and oxygen atoms in total. The van der Waals surface area contributed by atoms with Crippen molar-refractivity contribution in [2.75, 3.05) is 13.1 Å². The van der Waals surface area contributed by atoms with Gasteiger partial charge in [-0.2, -0.15) is 0 Å². The number of nitrogens with two attached hydrogens (primary N) is 1. The van der Waals surface area contributed by atoms with E-state index in [1.807, 2.05) is 48.7 Å². The summed E-state index contributed by atoms with van der Waals surface area (Å²) < 4.78 is 0.932. The quantitative estimate of drug-likeness (QED) is 0.374. The number of nitrogens with zero attached hydrogens (tertiary/aromatic N) is 1. The molecule has 1 aliphatic rings. The number of aromatic nitrogens is 1. The van der Waals surface area contributed by atoms with Crippen LogP contribution in [0.3, 0.4) is 0 Å². The van der Waals surface area contributed by atoms with E-state index in [1.54, 1.807) is 4.90 Å². The van der Waals surface area contributed by atoms with Crippen LogP contribution in [-0.4, -0.2) is 40.8 Å². The van der Waals surface area contributed by atoms with Crippen LogP contribution in [0.4, 0.5) is 0 Å². The monoisotopic (exact) mass is 524 g/mol. The predicted molar refractivity (Wildman–Crippen MR) is 139 cm³/mol. The number of rotatable bonds is 9. The van der Waals surface area contributed by atoms with Crippen molar-refractivity contribution in [2.45, 2.75) is 57.0 Å². The molecule has 2 amide bonds. The minimum atomic E-state index is -0.695. The number of aromatic amines is 1. The molecule has 34 heavy (non-hydrogen) atoms. The van der Waals surface area contributed by atoms with Gasteiger partial charge in [-0.25, -0.2) is 0 Å². The summed E-state index contributed by atoms with van der Waals surface area (Å²) in [6.07, 6.45) is 8.30. The first kappa shape index (κ1) is 24.5. The highest BCUT2D eigenvalue weighted by molar-refractivity contribution is 9.10. The van der Waals surface area contributed by atoms with Crippen LogP contribution in [0.1, 0.15) is 55.7 Å². The molecule has 180 valence electrons. The smallest absolute Gasteiger partial charge is 0.247 e. The Kier molecular flexibility index (Phi) is 8.40. The van der Waals surface area contributed by atoms with Gasteiger partial charge < -0.3 is 20.9 Å². The van der Waals surface area contributed by atoms with Crippen LogP contribution < -0.4 is 11.1 Å². The van der Waals surface area contributed by atoms with Gasteiger partial charge >= 0.3 is 0 Å². The Labute approximate surface area is 209 Å². The fourth-order valence-corrected chi connectivity index (χ4v) is 5.15. The summed E-state index contributed by atoms with van der Waals surface area (Å²) in [4.78, 5) is 32.0. The van der Waals surface area contributed by atoms with Crippen molar-refractivity contribution >= 4 is 38.6 Å². The maximum absolute atomic E-state index is 13.7. The molecule has 2 aromatic carbocycles. The molecule has 0 radical (unpaired) electrons. The molecule has 1 aliphatic carbocycles. The van der Waals surface area contributed by atoms with Crippen molar-refractivity contribution in [3.63, 3.8) is 0 Å². The van der Waals surface area contributed by atoms with E-state index in [1.165, 1.54) is 6.42 Å². The van der Waals surface area contributed by atoms with Crippen LogP contribution in [0.2, 0.25) is 0 Å². The van der Waals surface area contributed by atoms with Crippen LogP contribution in [0.15, 0.2) is 59.2 Å². The Morgan fingerprint density at radius 2 is 1.82 bits per heavy atom. The van der Waals surface area contributed by atoms with Crippen molar-refractivity contribution < 1.29 is 9.59 Å². The number of carbonyl (C=O) groups excluding carboxylic acids is 2. The number of fused-ring (bicyclic) bond motifs is 1. The molecular weight excluding hydrogens is 492 g/mol. The Balaban J connectivity index is 1.62. The summed E-state index contributed by atoms with van der Waals surface area (Å²) in [5, 5.41) is 4.39. The number of nitrogens with one attached hydrogen (secondary N) is 2. The minimum Gasteiger partial charge on any atom is -0.361 e. The minimum absolute atomic E-state index is 0.103. The predicted octanol–water partition coefficient (Wildman–Crippen LogP) is 4.84. The number of hydrogen-bond acceptors (Lipinski definition) is 3. The lowest BCUT2D eigenvalue weighted by atomic mass is 9.94. The molecule has 3 aromatic rings. The SMILES string of the molecule is NCCC(=O)N(CCc1c[nH]c2ccccc12)C(C(=O)NC1CCCCC1)c1ccc(Br)cc1. The number of carbonyl (C=O) groups is 2. The zero-order chi connectivity index (χ0) is 23.9. The largest absolute Gasteiger partial charge is 0.361 e. The third kappa shape index (κ3) is 5.88. The zero-order valence-corrected chi connectivity index (χ0v) is 21.0. The van der Waals surface area contributed by atoms with Crippen molar-refractivity contribution in [3.05, 3.63) is 70.3 Å². The van der Waals surface area contributed by atoms with Gasteiger partial charge in [0.15, 0.2) is 0 Å². The summed E-state index contributed by atoms with van der Waals surface area (Å²) >= 11 is 3.48. The van der Waals surface area contributed by atoms with E-state index in [-0.39, 0.29) is 30.8 Å². The molecule has 1 saturated carbocycles. The Morgan fingerprint density at radius 1 is 1.09 bits per heavy atom. The molecule has 0 spiro atoms. The highest BCUT2D eigenvalue weighted by Gasteiger charge is 2.32. The Bertz CT molecular complexity index is 1110. The van der Waals surface area contributed by atoms with Gasteiger partial charge in [0.25, 0.3) is 0 Å². The lowest BCUT2D eigenvalue weighted by Crippen LogP contribution is -2.48. The number of hydrogen-bond donors (Lipinski definition) is 3. The number of halogens is 1. The summed E-state index contributed by atoms with van der Waals surface area (Å²) in [5.74, 6) is -0.215. The molecule has 4 N–H and O–H groups in total. The number of H-pyrrole nitrogens is 1. The standard InChI is InChI=1S/C27H33BrN4O2/c28-21-12-10-19(11-13-21)26(27(34)31-22-6-2-1-3-7-22)32(25(33)14-16-29)17-15-20-18-30-24-9-5-4-8-23(20)24/h4-5,8-13,18,22,26,30H,1-3,6-7,14-17,29H2,(H,31,34). The first-order valence-electron chi connectivity index (χ1n) is 12.2. The van der Waals surface area contributed by atoms with Crippen molar-refractivity contribution in [1.82, 2.24) is 15.2 Å². The number of amides is 2. The molecule has 1 aromatic heterocycles. The van der Waals surface area contributed by atoms with Crippen LogP contribution in [-0.2, 0) is 16.0 Å². The van der Waals surface area contributed by atoms with E-state index in [2.05, 4.69) is 32.3 Å². The van der Waals surface area contributed by atoms with E-state index in [9.17, 15) is 9.59 Å². The molecule has 1 heterocycles. The van der Waals surface area contributed by atoms with E-state index >= 15 is 0 Å². The van der Waals surface area contributed by atoms with Crippen LogP contribution >= 0.6 is 15.9 Å². The highest BCUT2D eigenvalue weighted by Crippen LogP contribution is 2.27. The summed E-state index contributed by atoms with van der Waals surface area (Å²) in [5.41, 5.74) is 8.76. The van der Waals surface area contributed by atoms with Gasteiger partial charge in [0.2, 0.25) is 11.8 Å². The van der Waals surface area contributed by atoms with Crippen molar-refractivity contribution in [3.8, 4) is 0 Å². The van der Waals surface area contributed by atoms with E-state index in [0.717, 1.165) is 52.2 Å². The summed E-state index contributed by atoms with van der Waals surface area (Å²) in [6.45, 7) is 0.680. The fourth-order valence-electron chi connectivity index (χ4n) is 4.89. The maximum Gasteiger partial charge on any atom is 0.247 e. The second-order valence-corrected chi connectivity index (χ2v) is 9.95. The van der Waals surface area contributed by atoms with E-state index < -0.39 is 6.04 Å². The Morgan fingerprint density at radius 3 is 2.56 bits per heavy atom. The van der Waals surface area contributed by atoms with E-state index in [0.29, 0.717) is 13.0 Å². The Hall–Kier alpha value is -2.64. The highest BCUT2D eigenvalue weighted by atomic mass is 79.9. The second-order valence-electron chi connectivity index (χ2n) is 9.03. The van der Waals surface area contributed by atoms with Gasteiger partial charge in [-0.3, -0.25) is 9.59 Å². The van der Waals surface area contributed by atoms with Crippen molar-refractivity contribution in [2.24, 2.45) is 5.73 Å². The first-order chi connectivity index (χ1) is 16.6. The van der Waals surface area contributed by atoms with Crippen LogP contribution in [0.25, 0.3) is 10.9 Å². The van der Waals surface area contributed by atoms with E-state index in [4.69, 9.17) is 5.73 Å². The van der Waals surface area contributed by atoms with Gasteiger partial charge in [0, 0.05) is 47.1 Å². The summed E-state index contributed by atoms with van der Waals surface area (Å²) in [7, 11) is 0. The average Bonchev–Trinajstić information content (AvgIpc) is 3.26. The molecule has 0 aliphatic heterocycles. The third-order valence-electron chi connectivity index (χ3n) is 6.67.